The van der Waals surface area contributed by atoms with Crippen molar-refractivity contribution < 1.29 is 0 Å². The van der Waals surface area contributed by atoms with E-state index in [1.807, 2.05) is 0 Å². The molecule has 0 atom stereocenters. The molecular weight excluding hydrogens is 240 g/mol. The van der Waals surface area contributed by atoms with E-state index in [9.17, 15) is 0 Å². The van der Waals surface area contributed by atoms with Crippen LogP contribution in [0, 0.1) is 13.8 Å². The third kappa shape index (κ3) is 1.48. The van der Waals surface area contributed by atoms with E-state index < -0.39 is 0 Å². The molecule has 102 valence electrons. The summed E-state index contributed by atoms with van der Waals surface area (Å²) in [6, 6.07) is 14.0. The summed E-state index contributed by atoms with van der Waals surface area (Å²) >= 11 is 0. The molecule has 4 rings (SSSR count). The van der Waals surface area contributed by atoms with Gasteiger partial charge in [0.15, 0.2) is 0 Å². The maximum atomic E-state index is 2.46. The predicted octanol–water partition coefficient (Wildman–Crippen LogP) is 5.53. The van der Waals surface area contributed by atoms with Crippen LogP contribution in [0.5, 0.6) is 0 Å². The highest BCUT2D eigenvalue weighted by atomic mass is 14.5. The van der Waals surface area contributed by atoms with E-state index >= 15 is 0 Å². The molecule has 0 aromatic heterocycles. The zero-order valence-corrected chi connectivity index (χ0v) is 12.5. The molecule has 2 aromatic carbocycles. The van der Waals surface area contributed by atoms with Crippen LogP contribution in [0.2, 0.25) is 0 Å². The summed E-state index contributed by atoms with van der Waals surface area (Å²) in [7, 11) is 0. The minimum absolute atomic E-state index is 0.320. The van der Waals surface area contributed by atoms with Gasteiger partial charge < -0.3 is 0 Å². The van der Waals surface area contributed by atoms with Crippen LogP contribution < -0.4 is 0 Å². The molecule has 20 heavy (non-hydrogen) atoms. The minimum atomic E-state index is 0.320. The average Bonchev–Trinajstić information content (AvgIpc) is 2.72. The monoisotopic (exact) mass is 262 g/mol. The summed E-state index contributed by atoms with van der Waals surface area (Å²) in [5.41, 5.74) is 9.42. The summed E-state index contributed by atoms with van der Waals surface area (Å²) in [4.78, 5) is 0. The molecule has 0 nitrogen and oxygen atoms in total. The van der Waals surface area contributed by atoms with Crippen LogP contribution in [0.1, 0.15) is 54.4 Å². The number of rotatable bonds is 0. The Morgan fingerprint density at radius 2 is 1.65 bits per heavy atom. The van der Waals surface area contributed by atoms with E-state index in [0.29, 0.717) is 5.41 Å². The Bertz CT molecular complexity index is 672. The Morgan fingerprint density at radius 1 is 0.850 bits per heavy atom. The third-order valence-corrected chi connectivity index (χ3v) is 5.46. The second kappa shape index (κ2) is 4.22. The van der Waals surface area contributed by atoms with Crippen molar-refractivity contribution in [2.45, 2.75) is 51.4 Å². The molecule has 2 aliphatic rings. The van der Waals surface area contributed by atoms with E-state index in [0.717, 1.165) is 0 Å². The number of benzene rings is 2. The van der Waals surface area contributed by atoms with Crippen LogP contribution >= 0.6 is 0 Å². The maximum Gasteiger partial charge on any atom is 0.0215 e. The van der Waals surface area contributed by atoms with Crippen LogP contribution in [0.4, 0.5) is 0 Å². The highest BCUT2D eigenvalue weighted by molar-refractivity contribution is 5.83. The van der Waals surface area contributed by atoms with E-state index in [4.69, 9.17) is 0 Å². The lowest BCUT2D eigenvalue weighted by atomic mass is 9.67. The molecule has 1 spiro atoms. The van der Waals surface area contributed by atoms with E-state index in [1.165, 1.54) is 54.4 Å². The van der Waals surface area contributed by atoms with Crippen molar-refractivity contribution in [1.82, 2.24) is 0 Å². The highest BCUT2D eigenvalue weighted by Gasteiger charge is 2.43. The van der Waals surface area contributed by atoms with Crippen LogP contribution in [-0.4, -0.2) is 0 Å². The molecule has 0 heteroatoms. The first-order valence-electron chi connectivity index (χ1n) is 7.94. The molecule has 0 N–H and O–H groups in total. The molecule has 2 aliphatic carbocycles. The Balaban J connectivity index is 2.06. The summed E-state index contributed by atoms with van der Waals surface area (Å²) in [6.45, 7) is 4.50. The summed E-state index contributed by atoms with van der Waals surface area (Å²) in [5.74, 6) is 0. The molecule has 0 aliphatic heterocycles. The van der Waals surface area contributed by atoms with Gasteiger partial charge in [-0.2, -0.15) is 0 Å². The molecule has 0 heterocycles. The van der Waals surface area contributed by atoms with Gasteiger partial charge in [-0.05, 0) is 54.5 Å². The van der Waals surface area contributed by atoms with Crippen molar-refractivity contribution in [2.24, 2.45) is 0 Å². The first kappa shape index (κ1) is 12.2. The lowest BCUT2D eigenvalue weighted by molar-refractivity contribution is 0.352. The average molecular weight is 262 g/mol. The van der Waals surface area contributed by atoms with E-state index in [-0.39, 0.29) is 0 Å². The Morgan fingerprint density at radius 3 is 2.45 bits per heavy atom. The molecule has 1 fully saturated rings. The van der Waals surface area contributed by atoms with Crippen molar-refractivity contribution in [3.8, 4) is 11.1 Å². The van der Waals surface area contributed by atoms with Crippen LogP contribution in [0.15, 0.2) is 36.4 Å². The number of aryl methyl sites for hydroxylation is 2. The first-order chi connectivity index (χ1) is 9.72. The van der Waals surface area contributed by atoms with Gasteiger partial charge in [-0.25, -0.2) is 0 Å². The molecule has 2 aromatic rings. The van der Waals surface area contributed by atoms with Crippen molar-refractivity contribution in [3.63, 3.8) is 0 Å². The smallest absolute Gasteiger partial charge is 0.0215 e. The van der Waals surface area contributed by atoms with Gasteiger partial charge in [-0.1, -0.05) is 61.2 Å². The van der Waals surface area contributed by atoms with Gasteiger partial charge >= 0.3 is 0 Å². The molecule has 1 saturated carbocycles. The first-order valence-corrected chi connectivity index (χ1v) is 7.94. The summed E-state index contributed by atoms with van der Waals surface area (Å²) in [6.07, 6.45) is 6.82. The van der Waals surface area contributed by atoms with Crippen LogP contribution in [-0.2, 0) is 5.41 Å². The standard InChI is InChI=1S/C20H22/c1-14-9-10-16-18(13-14)20(11-4-3-5-12-20)17-8-6-7-15(2)19(16)17/h6-10,13H,3-5,11-12H2,1-2H3. The second-order valence-electron chi connectivity index (χ2n) is 6.69. The topological polar surface area (TPSA) is 0 Å². The van der Waals surface area contributed by atoms with Gasteiger partial charge in [0.25, 0.3) is 0 Å². The predicted molar refractivity (Wildman–Crippen MR) is 85.2 cm³/mol. The van der Waals surface area contributed by atoms with Crippen molar-refractivity contribution in [1.29, 1.82) is 0 Å². The minimum Gasteiger partial charge on any atom is -0.0617 e. The second-order valence-corrected chi connectivity index (χ2v) is 6.69. The fraction of sp³-hybridized carbons (Fsp3) is 0.400. The SMILES string of the molecule is Cc1ccc2c(c1)C1(CCCCC1)c1cccc(C)c1-2. The fourth-order valence-electron chi connectivity index (χ4n) is 4.54. The van der Waals surface area contributed by atoms with Gasteiger partial charge in [-0.15, -0.1) is 0 Å². The molecule has 0 unspecified atom stereocenters. The fourth-order valence-corrected chi connectivity index (χ4v) is 4.54. The Labute approximate surface area is 121 Å². The van der Waals surface area contributed by atoms with Gasteiger partial charge in [0, 0.05) is 5.41 Å². The lowest BCUT2D eigenvalue weighted by Gasteiger charge is -2.36. The summed E-state index contributed by atoms with van der Waals surface area (Å²) < 4.78 is 0. The van der Waals surface area contributed by atoms with Crippen molar-refractivity contribution in [3.05, 3.63) is 58.7 Å². The van der Waals surface area contributed by atoms with Crippen molar-refractivity contribution in [2.75, 3.05) is 0 Å². The molecule has 0 amide bonds. The van der Waals surface area contributed by atoms with E-state index in [2.05, 4.69) is 50.2 Å². The van der Waals surface area contributed by atoms with Gasteiger partial charge in [0.05, 0.1) is 0 Å². The highest BCUT2D eigenvalue weighted by Crippen LogP contribution is 2.56. The normalized spacial score (nSPS) is 18.9. The van der Waals surface area contributed by atoms with Crippen LogP contribution in [0.25, 0.3) is 11.1 Å². The van der Waals surface area contributed by atoms with Gasteiger partial charge in [0.2, 0.25) is 0 Å². The van der Waals surface area contributed by atoms with Gasteiger partial charge in [-0.3, -0.25) is 0 Å². The lowest BCUT2D eigenvalue weighted by Crippen LogP contribution is -2.28. The van der Waals surface area contributed by atoms with E-state index in [1.54, 1.807) is 11.1 Å². The molecule has 0 saturated heterocycles. The Hall–Kier alpha value is -1.56. The molecule has 0 radical (unpaired) electrons. The van der Waals surface area contributed by atoms with Crippen LogP contribution in [0.3, 0.4) is 0 Å². The zero-order chi connectivity index (χ0) is 13.7. The summed E-state index contributed by atoms with van der Waals surface area (Å²) in [5, 5.41) is 0. The molecule has 0 bridgehead atoms. The number of hydrogen-bond acceptors (Lipinski definition) is 0. The molecular formula is C20H22. The maximum absolute atomic E-state index is 2.46. The number of hydrogen-bond donors (Lipinski definition) is 0. The zero-order valence-electron chi connectivity index (χ0n) is 12.5. The van der Waals surface area contributed by atoms with Gasteiger partial charge in [0.1, 0.15) is 0 Å². The largest absolute Gasteiger partial charge is 0.0617 e. The van der Waals surface area contributed by atoms with Crippen molar-refractivity contribution >= 4 is 0 Å². The quantitative estimate of drug-likeness (QED) is 0.585. The number of fused-ring (bicyclic) bond motifs is 5. The third-order valence-electron chi connectivity index (χ3n) is 5.46. The Kier molecular flexibility index (Phi) is 2.57.